The molecule has 0 saturated carbocycles. The zero-order valence-corrected chi connectivity index (χ0v) is 10.7. The van der Waals surface area contributed by atoms with Crippen LogP contribution in [-0.4, -0.2) is 32.0 Å². The molecule has 90 valence electrons. The number of hydrogen-bond donors (Lipinski definition) is 2. The fraction of sp³-hybridized carbons (Fsp3) is 0.545. The molecule has 2 rings (SSSR count). The standard InChI is InChI=1S/C11H16N2OS.ClH/c14-10(11-2-1-5-15-11)8-13-7-9-3-4-12-6-9;/h1-2,5,9,12-13H,3-4,6-8H2;1H. The third-order valence-corrected chi connectivity index (χ3v) is 3.59. The molecule has 2 heterocycles. The molecule has 1 aromatic heterocycles. The van der Waals surface area contributed by atoms with Crippen molar-refractivity contribution in [3.05, 3.63) is 22.4 Å². The summed E-state index contributed by atoms with van der Waals surface area (Å²) in [5, 5.41) is 8.49. The van der Waals surface area contributed by atoms with E-state index in [0.29, 0.717) is 12.5 Å². The van der Waals surface area contributed by atoms with Crippen molar-refractivity contribution in [1.29, 1.82) is 0 Å². The van der Waals surface area contributed by atoms with E-state index in [1.807, 2.05) is 17.5 Å². The number of ketones is 1. The Hall–Kier alpha value is -0.420. The average molecular weight is 261 g/mol. The van der Waals surface area contributed by atoms with Crippen LogP contribution in [-0.2, 0) is 0 Å². The Kier molecular flexibility index (Phi) is 5.98. The number of rotatable bonds is 5. The van der Waals surface area contributed by atoms with Crippen LogP contribution in [0.2, 0.25) is 0 Å². The van der Waals surface area contributed by atoms with Crippen LogP contribution in [0.5, 0.6) is 0 Å². The zero-order chi connectivity index (χ0) is 10.5. The smallest absolute Gasteiger partial charge is 0.186 e. The highest BCUT2D eigenvalue weighted by molar-refractivity contribution is 7.12. The Morgan fingerprint density at radius 1 is 1.62 bits per heavy atom. The second-order valence-electron chi connectivity index (χ2n) is 3.89. The molecule has 5 heteroatoms. The summed E-state index contributed by atoms with van der Waals surface area (Å²) in [6.07, 6.45) is 1.22. The first-order valence-electron chi connectivity index (χ1n) is 5.34. The molecular weight excluding hydrogens is 244 g/mol. The summed E-state index contributed by atoms with van der Waals surface area (Å²) in [5.74, 6) is 0.900. The van der Waals surface area contributed by atoms with E-state index in [1.165, 1.54) is 17.8 Å². The van der Waals surface area contributed by atoms with Crippen molar-refractivity contribution in [2.24, 2.45) is 5.92 Å². The number of carbonyl (C=O) groups excluding carboxylic acids is 1. The second-order valence-corrected chi connectivity index (χ2v) is 4.84. The molecule has 1 aromatic rings. The molecule has 1 aliphatic heterocycles. The van der Waals surface area contributed by atoms with E-state index < -0.39 is 0 Å². The lowest BCUT2D eigenvalue weighted by molar-refractivity contribution is 0.0994. The summed E-state index contributed by atoms with van der Waals surface area (Å²) in [5.41, 5.74) is 0. The van der Waals surface area contributed by atoms with E-state index in [9.17, 15) is 4.79 Å². The van der Waals surface area contributed by atoms with Gasteiger partial charge in [0, 0.05) is 0 Å². The largest absolute Gasteiger partial charge is 0.316 e. The van der Waals surface area contributed by atoms with Gasteiger partial charge in [0.25, 0.3) is 0 Å². The predicted octanol–water partition coefficient (Wildman–Crippen LogP) is 1.55. The zero-order valence-electron chi connectivity index (χ0n) is 9.07. The molecule has 1 saturated heterocycles. The summed E-state index contributed by atoms with van der Waals surface area (Å²) in [6.45, 7) is 3.62. The molecule has 1 unspecified atom stereocenters. The molecule has 16 heavy (non-hydrogen) atoms. The molecule has 1 aliphatic rings. The first kappa shape index (κ1) is 13.6. The summed E-state index contributed by atoms with van der Waals surface area (Å²) in [7, 11) is 0. The van der Waals surface area contributed by atoms with Gasteiger partial charge in [-0.1, -0.05) is 6.07 Å². The first-order valence-corrected chi connectivity index (χ1v) is 6.22. The molecule has 2 N–H and O–H groups in total. The lowest BCUT2D eigenvalue weighted by Gasteiger charge is -2.08. The lowest BCUT2D eigenvalue weighted by Crippen LogP contribution is -2.29. The summed E-state index contributed by atoms with van der Waals surface area (Å²) >= 11 is 1.51. The minimum absolute atomic E-state index is 0. The van der Waals surface area contributed by atoms with Gasteiger partial charge in [-0.15, -0.1) is 23.7 Å². The summed E-state index contributed by atoms with van der Waals surface area (Å²) in [6, 6.07) is 3.80. The maximum absolute atomic E-state index is 11.6. The quantitative estimate of drug-likeness (QED) is 0.790. The van der Waals surface area contributed by atoms with Gasteiger partial charge in [0.1, 0.15) is 0 Å². The van der Waals surface area contributed by atoms with Gasteiger partial charge in [-0.25, -0.2) is 0 Å². The van der Waals surface area contributed by atoms with Gasteiger partial charge in [-0.05, 0) is 43.4 Å². The Labute approximate surface area is 106 Å². The summed E-state index contributed by atoms with van der Waals surface area (Å²) < 4.78 is 0. The Morgan fingerprint density at radius 3 is 3.12 bits per heavy atom. The molecule has 0 spiro atoms. The maximum Gasteiger partial charge on any atom is 0.186 e. The van der Waals surface area contributed by atoms with Crippen LogP contribution in [0.15, 0.2) is 17.5 Å². The van der Waals surface area contributed by atoms with Gasteiger partial charge in [0.05, 0.1) is 11.4 Å². The van der Waals surface area contributed by atoms with Crippen LogP contribution >= 0.6 is 23.7 Å². The SMILES string of the molecule is Cl.O=C(CNCC1CCNC1)c1cccs1. The van der Waals surface area contributed by atoms with E-state index in [1.54, 1.807) is 0 Å². The van der Waals surface area contributed by atoms with Crippen LogP contribution in [0.1, 0.15) is 16.1 Å². The third-order valence-electron chi connectivity index (χ3n) is 2.68. The normalized spacial score (nSPS) is 19.4. The lowest BCUT2D eigenvalue weighted by atomic mass is 10.1. The molecule has 0 radical (unpaired) electrons. The first-order chi connectivity index (χ1) is 7.36. The van der Waals surface area contributed by atoms with Crippen molar-refractivity contribution >= 4 is 29.5 Å². The molecular formula is C11H17ClN2OS. The number of nitrogens with one attached hydrogen (secondary N) is 2. The summed E-state index contributed by atoms with van der Waals surface area (Å²) in [4.78, 5) is 12.5. The monoisotopic (exact) mass is 260 g/mol. The minimum Gasteiger partial charge on any atom is -0.316 e. The molecule has 1 fully saturated rings. The average Bonchev–Trinajstić information content (AvgIpc) is 2.90. The number of carbonyl (C=O) groups is 1. The maximum atomic E-state index is 11.6. The Morgan fingerprint density at radius 2 is 2.50 bits per heavy atom. The number of halogens is 1. The van der Waals surface area contributed by atoms with Gasteiger partial charge in [-0.2, -0.15) is 0 Å². The second kappa shape index (κ2) is 7.01. The van der Waals surface area contributed by atoms with E-state index in [2.05, 4.69) is 10.6 Å². The van der Waals surface area contributed by atoms with Crippen molar-refractivity contribution in [2.45, 2.75) is 6.42 Å². The minimum atomic E-state index is 0. The molecule has 0 amide bonds. The van der Waals surface area contributed by atoms with E-state index in [0.717, 1.165) is 24.5 Å². The molecule has 0 bridgehead atoms. The fourth-order valence-electron chi connectivity index (χ4n) is 1.80. The van der Waals surface area contributed by atoms with Crippen LogP contribution < -0.4 is 10.6 Å². The van der Waals surface area contributed by atoms with Crippen LogP contribution in [0, 0.1) is 5.92 Å². The van der Waals surface area contributed by atoms with E-state index in [-0.39, 0.29) is 18.2 Å². The topological polar surface area (TPSA) is 41.1 Å². The molecule has 0 aromatic carbocycles. The number of hydrogen-bond acceptors (Lipinski definition) is 4. The van der Waals surface area contributed by atoms with Gasteiger partial charge < -0.3 is 10.6 Å². The number of thiophene rings is 1. The van der Waals surface area contributed by atoms with Crippen LogP contribution in [0.4, 0.5) is 0 Å². The van der Waals surface area contributed by atoms with Gasteiger partial charge >= 0.3 is 0 Å². The molecule has 3 nitrogen and oxygen atoms in total. The van der Waals surface area contributed by atoms with E-state index >= 15 is 0 Å². The van der Waals surface area contributed by atoms with Crippen molar-refractivity contribution in [3.63, 3.8) is 0 Å². The third kappa shape index (κ3) is 3.87. The Balaban J connectivity index is 0.00000128. The van der Waals surface area contributed by atoms with Crippen LogP contribution in [0.25, 0.3) is 0 Å². The van der Waals surface area contributed by atoms with Crippen molar-refractivity contribution in [1.82, 2.24) is 10.6 Å². The van der Waals surface area contributed by atoms with Crippen molar-refractivity contribution in [2.75, 3.05) is 26.2 Å². The highest BCUT2D eigenvalue weighted by atomic mass is 35.5. The highest BCUT2D eigenvalue weighted by Gasteiger charge is 2.14. The van der Waals surface area contributed by atoms with Crippen LogP contribution in [0.3, 0.4) is 0 Å². The van der Waals surface area contributed by atoms with Crippen molar-refractivity contribution in [3.8, 4) is 0 Å². The van der Waals surface area contributed by atoms with Gasteiger partial charge in [-0.3, -0.25) is 4.79 Å². The predicted molar refractivity (Wildman–Crippen MR) is 69.7 cm³/mol. The van der Waals surface area contributed by atoms with Gasteiger partial charge in [0.2, 0.25) is 0 Å². The molecule has 0 aliphatic carbocycles. The van der Waals surface area contributed by atoms with Gasteiger partial charge in [0.15, 0.2) is 5.78 Å². The van der Waals surface area contributed by atoms with E-state index in [4.69, 9.17) is 0 Å². The van der Waals surface area contributed by atoms with Crippen molar-refractivity contribution < 1.29 is 4.79 Å². The number of Topliss-reactive ketones (excluding diaryl/α,β-unsaturated/α-hetero) is 1. The molecule has 1 atom stereocenters. The highest BCUT2D eigenvalue weighted by Crippen LogP contribution is 2.09. The fourth-order valence-corrected chi connectivity index (χ4v) is 2.47. The Bertz CT molecular complexity index is 310.